The normalized spacial score (nSPS) is 10.8. The fraction of sp³-hybridized carbons (Fsp3) is 0.0435. The first-order valence-electron chi connectivity index (χ1n) is 8.73. The molecule has 0 fully saturated rings. The smallest absolute Gasteiger partial charge is 0.259 e. The first-order chi connectivity index (χ1) is 13.5. The Hall–Kier alpha value is -2.93. The minimum absolute atomic E-state index is 0.135. The molecule has 4 nitrogen and oxygen atoms in total. The maximum atomic E-state index is 12.9. The summed E-state index contributed by atoms with van der Waals surface area (Å²) in [5.74, 6) is 0.158. The van der Waals surface area contributed by atoms with E-state index >= 15 is 0 Å². The zero-order chi connectivity index (χ0) is 19.7. The molecule has 0 radical (unpaired) electrons. The summed E-state index contributed by atoms with van der Waals surface area (Å²) in [5.41, 5.74) is 2.48. The summed E-state index contributed by atoms with van der Waals surface area (Å²) in [6.07, 6.45) is 0. The van der Waals surface area contributed by atoms with E-state index in [1.54, 1.807) is 25.1 Å². The third-order valence-corrected chi connectivity index (χ3v) is 5.25. The quantitative estimate of drug-likeness (QED) is 0.386. The molecule has 0 aliphatic heterocycles. The van der Waals surface area contributed by atoms with Crippen molar-refractivity contribution in [3.8, 4) is 11.3 Å². The van der Waals surface area contributed by atoms with Crippen LogP contribution in [0.25, 0.3) is 22.3 Å². The zero-order valence-corrected chi connectivity index (χ0v) is 17.2. The lowest BCUT2D eigenvalue weighted by Gasteiger charge is -2.11. The van der Waals surface area contributed by atoms with Gasteiger partial charge < -0.3 is 9.73 Å². The van der Waals surface area contributed by atoms with Crippen LogP contribution in [0.3, 0.4) is 0 Å². The summed E-state index contributed by atoms with van der Waals surface area (Å²) < 4.78 is 7.18. The van der Waals surface area contributed by atoms with Gasteiger partial charge in [-0.25, -0.2) is 0 Å². The van der Waals surface area contributed by atoms with E-state index in [1.165, 1.54) is 0 Å². The van der Waals surface area contributed by atoms with Crippen molar-refractivity contribution in [1.29, 1.82) is 0 Å². The summed E-state index contributed by atoms with van der Waals surface area (Å²) in [6.45, 7) is 1.74. The lowest BCUT2D eigenvalue weighted by molar-refractivity contribution is 0.102. The number of anilines is 1. The third kappa shape index (κ3) is 3.45. The van der Waals surface area contributed by atoms with Crippen molar-refractivity contribution in [2.45, 2.75) is 6.92 Å². The number of benzene rings is 3. The Kier molecular flexibility index (Phi) is 5.00. The second-order valence-electron chi connectivity index (χ2n) is 6.39. The van der Waals surface area contributed by atoms with Gasteiger partial charge in [-0.1, -0.05) is 36.4 Å². The molecule has 0 spiro atoms. The molecule has 138 valence electrons. The maximum Gasteiger partial charge on any atom is 0.259 e. The topological polar surface area (TPSA) is 59.3 Å². The van der Waals surface area contributed by atoms with Crippen LogP contribution in [0.15, 0.2) is 82.0 Å². The Morgan fingerprint density at radius 3 is 2.36 bits per heavy atom. The van der Waals surface area contributed by atoms with Crippen LogP contribution in [0.1, 0.15) is 15.9 Å². The number of fused-ring (bicyclic) bond motifs is 1. The van der Waals surface area contributed by atoms with Gasteiger partial charge in [0.25, 0.3) is 5.91 Å². The van der Waals surface area contributed by atoms with Crippen LogP contribution in [-0.4, -0.2) is 5.91 Å². The van der Waals surface area contributed by atoms with Gasteiger partial charge in [-0.2, -0.15) is 0 Å². The molecule has 0 saturated heterocycles. The molecule has 0 aliphatic rings. The van der Waals surface area contributed by atoms with Crippen molar-refractivity contribution in [3.63, 3.8) is 0 Å². The Labute approximate surface area is 175 Å². The first-order valence-corrected chi connectivity index (χ1v) is 9.81. The standard InChI is InChI=1S/C23H16INO3/c1-14-20(26)18-8-5-9-19(23(27)25-17-12-10-16(24)11-13-17)22(18)28-21(14)15-6-3-2-4-7-15/h2-13H,1H3,(H,25,27). The Morgan fingerprint density at radius 1 is 0.929 bits per heavy atom. The predicted octanol–water partition coefficient (Wildman–Crippen LogP) is 5.63. The van der Waals surface area contributed by atoms with E-state index in [4.69, 9.17) is 4.42 Å². The molecule has 1 N–H and O–H groups in total. The van der Waals surface area contributed by atoms with Crippen molar-refractivity contribution in [2.75, 3.05) is 5.32 Å². The molecule has 3 aromatic carbocycles. The summed E-state index contributed by atoms with van der Waals surface area (Å²) in [5, 5.41) is 3.26. The number of carbonyl (C=O) groups excluding carboxylic acids is 1. The van der Waals surface area contributed by atoms with E-state index in [2.05, 4.69) is 27.9 Å². The molecule has 4 rings (SSSR count). The molecule has 1 heterocycles. The predicted molar refractivity (Wildman–Crippen MR) is 120 cm³/mol. The third-order valence-electron chi connectivity index (χ3n) is 4.53. The highest BCUT2D eigenvalue weighted by Crippen LogP contribution is 2.27. The average molecular weight is 481 g/mol. The van der Waals surface area contributed by atoms with Gasteiger partial charge in [-0.3, -0.25) is 9.59 Å². The highest BCUT2D eigenvalue weighted by molar-refractivity contribution is 14.1. The summed E-state index contributed by atoms with van der Waals surface area (Å²) in [4.78, 5) is 25.8. The van der Waals surface area contributed by atoms with Crippen LogP contribution in [0.5, 0.6) is 0 Å². The molecule has 1 aromatic heterocycles. The van der Waals surface area contributed by atoms with Gasteiger partial charge >= 0.3 is 0 Å². The highest BCUT2D eigenvalue weighted by Gasteiger charge is 2.18. The Morgan fingerprint density at radius 2 is 1.64 bits per heavy atom. The fourth-order valence-electron chi connectivity index (χ4n) is 3.08. The van der Waals surface area contributed by atoms with E-state index in [9.17, 15) is 9.59 Å². The number of hydrogen-bond acceptors (Lipinski definition) is 3. The summed E-state index contributed by atoms with van der Waals surface area (Å²) in [7, 11) is 0. The van der Waals surface area contributed by atoms with Gasteiger partial charge in [0.1, 0.15) is 5.76 Å². The minimum atomic E-state index is -0.321. The van der Waals surface area contributed by atoms with Gasteiger partial charge in [0, 0.05) is 20.4 Å². The van der Waals surface area contributed by atoms with Gasteiger partial charge in [0.15, 0.2) is 11.0 Å². The van der Waals surface area contributed by atoms with Gasteiger partial charge in [-0.05, 0) is 65.9 Å². The molecule has 4 aromatic rings. The minimum Gasteiger partial charge on any atom is -0.455 e. The summed E-state index contributed by atoms with van der Waals surface area (Å²) >= 11 is 2.21. The monoisotopic (exact) mass is 481 g/mol. The van der Waals surface area contributed by atoms with Crippen molar-refractivity contribution < 1.29 is 9.21 Å². The Balaban J connectivity index is 1.85. The number of nitrogens with one attached hydrogen (secondary N) is 1. The second-order valence-corrected chi connectivity index (χ2v) is 7.64. The van der Waals surface area contributed by atoms with Crippen molar-refractivity contribution in [1.82, 2.24) is 0 Å². The number of halogens is 1. The number of carbonyl (C=O) groups is 1. The number of hydrogen-bond donors (Lipinski definition) is 1. The largest absolute Gasteiger partial charge is 0.455 e. The van der Waals surface area contributed by atoms with E-state index in [0.717, 1.165) is 9.13 Å². The number of amides is 1. The molecule has 0 saturated carbocycles. The highest BCUT2D eigenvalue weighted by atomic mass is 127. The Bertz CT molecular complexity index is 1230. The maximum absolute atomic E-state index is 12.9. The number of rotatable bonds is 3. The van der Waals surface area contributed by atoms with Gasteiger partial charge in [-0.15, -0.1) is 0 Å². The molecular formula is C23H16INO3. The lowest BCUT2D eigenvalue weighted by Crippen LogP contribution is -2.15. The molecule has 0 atom stereocenters. The van der Waals surface area contributed by atoms with Crippen molar-refractivity contribution in [3.05, 3.63) is 97.7 Å². The molecule has 0 unspecified atom stereocenters. The molecule has 5 heteroatoms. The molecule has 0 aliphatic carbocycles. The molecule has 28 heavy (non-hydrogen) atoms. The van der Waals surface area contributed by atoms with Gasteiger partial charge in [0.05, 0.1) is 10.9 Å². The molecule has 0 bridgehead atoms. The van der Waals surface area contributed by atoms with Crippen LogP contribution in [0, 0.1) is 10.5 Å². The van der Waals surface area contributed by atoms with Crippen LogP contribution >= 0.6 is 22.6 Å². The summed E-state index contributed by atoms with van der Waals surface area (Å²) in [6, 6.07) is 22.0. The first kappa shape index (κ1) is 18.4. The van der Waals surface area contributed by atoms with E-state index in [1.807, 2.05) is 54.6 Å². The zero-order valence-electron chi connectivity index (χ0n) is 15.0. The average Bonchev–Trinajstić information content (AvgIpc) is 2.72. The van der Waals surface area contributed by atoms with Crippen LogP contribution in [-0.2, 0) is 0 Å². The van der Waals surface area contributed by atoms with Crippen molar-refractivity contribution in [2.24, 2.45) is 0 Å². The van der Waals surface area contributed by atoms with E-state index in [-0.39, 0.29) is 11.3 Å². The van der Waals surface area contributed by atoms with E-state index in [0.29, 0.717) is 33.5 Å². The molecular weight excluding hydrogens is 465 g/mol. The SMILES string of the molecule is Cc1c(-c2ccccc2)oc2c(C(=O)Nc3ccc(I)cc3)cccc2c1=O. The van der Waals surface area contributed by atoms with Crippen molar-refractivity contribution >= 4 is 45.2 Å². The van der Waals surface area contributed by atoms with E-state index < -0.39 is 0 Å². The van der Waals surface area contributed by atoms with Crippen LogP contribution in [0.2, 0.25) is 0 Å². The van der Waals surface area contributed by atoms with Gasteiger partial charge in [0.2, 0.25) is 0 Å². The van der Waals surface area contributed by atoms with Crippen LogP contribution < -0.4 is 10.7 Å². The lowest BCUT2D eigenvalue weighted by atomic mass is 10.0. The second kappa shape index (κ2) is 7.59. The number of para-hydroxylation sites is 1. The fourth-order valence-corrected chi connectivity index (χ4v) is 3.44. The molecule has 1 amide bonds. The van der Waals surface area contributed by atoms with Crippen LogP contribution in [0.4, 0.5) is 5.69 Å².